The molecular weight excluding hydrogens is 518 g/mol. The van der Waals surface area contributed by atoms with Crippen molar-refractivity contribution in [3.63, 3.8) is 0 Å². The fraction of sp³-hybridized carbons (Fsp3) is 0.917. The van der Waals surface area contributed by atoms with Crippen LogP contribution in [0.2, 0.25) is 0 Å². The molecule has 0 saturated carbocycles. The lowest BCUT2D eigenvalue weighted by atomic mass is 9.70. The minimum Gasteiger partial charge on any atom is -0.380 e. The smallest absolute Gasteiger partial charge is 0.241 e. The maximum atomic E-state index is 13.6. The van der Waals surface area contributed by atoms with Crippen molar-refractivity contribution in [3.8, 4) is 0 Å². The number of piperidine rings is 2. The van der Waals surface area contributed by atoms with Gasteiger partial charge < -0.3 is 25.0 Å². The van der Waals surface area contributed by atoms with E-state index in [-0.39, 0.29) is 70.2 Å². The molecule has 5 heterocycles. The van der Waals surface area contributed by atoms with Gasteiger partial charge in [0.15, 0.2) is 0 Å². The van der Waals surface area contributed by atoms with Crippen molar-refractivity contribution in [2.45, 2.75) is 79.3 Å². The van der Waals surface area contributed by atoms with Crippen LogP contribution in [0.5, 0.6) is 0 Å². The zero-order chi connectivity index (χ0) is 26.1. The number of nitrogens with zero attached hydrogens (tertiary/aromatic N) is 1. The summed E-state index contributed by atoms with van der Waals surface area (Å²) in [6.07, 6.45) is 3.26. The molecule has 37 heavy (non-hydrogen) atoms. The third-order valence-electron chi connectivity index (χ3n) is 8.76. The third-order valence-corrected chi connectivity index (χ3v) is 10.4. The Balaban J connectivity index is 1.14. The first-order valence-corrected chi connectivity index (χ1v) is 14.9. The number of thioether (sulfide) groups is 1. The second-order valence-electron chi connectivity index (χ2n) is 11.1. The van der Waals surface area contributed by atoms with Gasteiger partial charge in [-0.15, -0.1) is 23.4 Å². The quantitative estimate of drug-likeness (QED) is 0.184. The van der Waals surface area contributed by atoms with E-state index in [1.165, 1.54) is 0 Å². The molecule has 210 valence electrons. The maximum Gasteiger partial charge on any atom is 0.241 e. The van der Waals surface area contributed by atoms with Crippen LogP contribution in [0, 0.1) is 17.8 Å². The van der Waals surface area contributed by atoms with E-state index in [2.05, 4.69) is 39.0 Å². The number of alkyl halides is 1. The standard InChI is InChI=1S/C24H42ClN7O4S/c1-12-6-13(14-7-20(25)27-9-18(14)35-2)15(8-26-12)22(33)29-24-28-17-10-32(11-19(17)37-24)23(34)16-4-5-21(36-3)31-30-16/h12-21,24,26-28,30-31H,4-11H2,1-3H3,(H,29,33). The van der Waals surface area contributed by atoms with Gasteiger partial charge in [0.05, 0.1) is 17.5 Å². The Morgan fingerprint density at radius 3 is 2.57 bits per heavy atom. The van der Waals surface area contributed by atoms with Gasteiger partial charge in [-0.05, 0) is 44.4 Å². The number of methoxy groups -OCH3 is 2. The second-order valence-corrected chi connectivity index (χ2v) is 13.0. The number of fused-ring (bicyclic) bond motifs is 1. The van der Waals surface area contributed by atoms with Crippen LogP contribution in [0.4, 0.5) is 0 Å². The fourth-order valence-electron chi connectivity index (χ4n) is 6.68. The summed E-state index contributed by atoms with van der Waals surface area (Å²) in [4.78, 5) is 28.5. The first kappa shape index (κ1) is 27.9. The summed E-state index contributed by atoms with van der Waals surface area (Å²) in [5, 5.41) is 13.9. The Bertz CT molecular complexity index is 808. The molecule has 0 aromatic rings. The molecule has 0 aromatic carbocycles. The van der Waals surface area contributed by atoms with Crippen molar-refractivity contribution < 1.29 is 19.1 Å². The topological polar surface area (TPSA) is 128 Å². The van der Waals surface area contributed by atoms with Crippen LogP contribution in [-0.2, 0) is 19.1 Å². The van der Waals surface area contributed by atoms with E-state index in [0.29, 0.717) is 32.2 Å². The zero-order valence-electron chi connectivity index (χ0n) is 21.9. The van der Waals surface area contributed by atoms with Crippen LogP contribution in [0.25, 0.3) is 0 Å². The molecule has 5 fully saturated rings. The Morgan fingerprint density at radius 2 is 1.86 bits per heavy atom. The lowest BCUT2D eigenvalue weighted by Crippen LogP contribution is -2.58. The van der Waals surface area contributed by atoms with Crippen LogP contribution < -0.4 is 32.1 Å². The van der Waals surface area contributed by atoms with E-state index in [4.69, 9.17) is 21.1 Å². The van der Waals surface area contributed by atoms with Gasteiger partial charge in [-0.1, -0.05) is 0 Å². The lowest BCUT2D eigenvalue weighted by molar-refractivity contribution is -0.135. The predicted molar refractivity (Wildman–Crippen MR) is 143 cm³/mol. The van der Waals surface area contributed by atoms with Gasteiger partial charge in [0.2, 0.25) is 11.8 Å². The molecule has 0 aliphatic carbocycles. The molecular formula is C24H42ClN7O4S. The third kappa shape index (κ3) is 6.22. The van der Waals surface area contributed by atoms with Gasteiger partial charge >= 0.3 is 0 Å². The molecule has 5 aliphatic heterocycles. The van der Waals surface area contributed by atoms with Crippen LogP contribution in [0.15, 0.2) is 0 Å². The van der Waals surface area contributed by atoms with Crippen molar-refractivity contribution in [1.82, 2.24) is 37.0 Å². The number of carbonyl (C=O) groups is 2. The molecule has 5 rings (SSSR count). The van der Waals surface area contributed by atoms with E-state index in [9.17, 15) is 9.59 Å². The van der Waals surface area contributed by atoms with Gasteiger partial charge in [-0.3, -0.25) is 20.2 Å². The SMILES string of the molecule is COC1CCC(C(=O)N2CC3NC(NC(=O)C4CNC(C)CC4C4CC(Cl)NCC4OC)SC3C2)NN1. The minimum absolute atomic E-state index is 0.0525. The molecule has 11 atom stereocenters. The van der Waals surface area contributed by atoms with Crippen LogP contribution in [0.3, 0.4) is 0 Å². The molecule has 2 amide bonds. The van der Waals surface area contributed by atoms with Crippen molar-refractivity contribution in [1.29, 1.82) is 0 Å². The minimum atomic E-state index is -0.234. The van der Waals surface area contributed by atoms with Gasteiger partial charge in [0.25, 0.3) is 0 Å². The number of hydrogen-bond donors (Lipinski definition) is 6. The first-order chi connectivity index (χ1) is 17.9. The van der Waals surface area contributed by atoms with Gasteiger partial charge in [0.1, 0.15) is 17.8 Å². The highest BCUT2D eigenvalue weighted by atomic mass is 35.5. The summed E-state index contributed by atoms with van der Waals surface area (Å²) in [5.41, 5.74) is 5.92. The summed E-state index contributed by atoms with van der Waals surface area (Å²) >= 11 is 8.19. The Kier molecular flexibility index (Phi) is 9.20. The highest BCUT2D eigenvalue weighted by molar-refractivity contribution is 8.00. The Morgan fingerprint density at radius 1 is 1.03 bits per heavy atom. The number of likely N-dealkylation sites (tertiary alicyclic amines) is 1. The van der Waals surface area contributed by atoms with E-state index in [1.807, 2.05) is 4.90 Å². The number of carbonyl (C=O) groups excluding carboxylic acids is 2. The largest absolute Gasteiger partial charge is 0.380 e. The van der Waals surface area contributed by atoms with Crippen molar-refractivity contribution in [2.75, 3.05) is 40.4 Å². The molecule has 0 radical (unpaired) electrons. The molecule has 11 nitrogen and oxygen atoms in total. The number of amides is 2. The number of rotatable bonds is 6. The predicted octanol–water partition coefficient (Wildman–Crippen LogP) is -0.665. The number of nitrogens with one attached hydrogen (secondary N) is 6. The molecule has 5 saturated heterocycles. The average Bonchev–Trinajstić information content (AvgIpc) is 3.47. The first-order valence-electron chi connectivity index (χ1n) is 13.5. The zero-order valence-corrected chi connectivity index (χ0v) is 23.4. The summed E-state index contributed by atoms with van der Waals surface area (Å²) in [5.74, 6) is 0.503. The van der Waals surface area contributed by atoms with Crippen molar-refractivity contribution in [2.24, 2.45) is 17.8 Å². The molecule has 11 unspecified atom stereocenters. The molecule has 5 aliphatic rings. The van der Waals surface area contributed by atoms with Crippen molar-refractivity contribution in [3.05, 3.63) is 0 Å². The molecule has 0 spiro atoms. The maximum absolute atomic E-state index is 13.6. The van der Waals surface area contributed by atoms with E-state index in [1.54, 1.807) is 26.0 Å². The van der Waals surface area contributed by atoms with Crippen LogP contribution in [-0.4, -0.2) is 104 Å². The van der Waals surface area contributed by atoms with E-state index < -0.39 is 0 Å². The normalized spacial score (nSPS) is 44.4. The Labute approximate surface area is 228 Å². The number of hydrogen-bond acceptors (Lipinski definition) is 10. The number of halogens is 1. The summed E-state index contributed by atoms with van der Waals surface area (Å²) in [6.45, 7) is 4.89. The van der Waals surface area contributed by atoms with Gasteiger partial charge in [0, 0.05) is 57.7 Å². The highest BCUT2D eigenvalue weighted by Crippen LogP contribution is 2.38. The average molecular weight is 560 g/mol. The fourth-order valence-corrected chi connectivity index (χ4v) is 8.39. The number of ether oxygens (including phenoxy) is 2. The number of hydrazine groups is 1. The van der Waals surface area contributed by atoms with Gasteiger partial charge in [-0.25, -0.2) is 10.9 Å². The highest BCUT2D eigenvalue weighted by Gasteiger charge is 2.47. The van der Waals surface area contributed by atoms with Crippen molar-refractivity contribution >= 4 is 35.2 Å². The molecule has 13 heteroatoms. The van der Waals surface area contributed by atoms with Crippen LogP contribution >= 0.6 is 23.4 Å². The monoisotopic (exact) mass is 559 g/mol. The summed E-state index contributed by atoms with van der Waals surface area (Å²) in [6, 6.07) is 0.288. The molecule has 6 N–H and O–H groups in total. The van der Waals surface area contributed by atoms with E-state index >= 15 is 0 Å². The molecule has 0 aromatic heterocycles. The second kappa shape index (κ2) is 12.2. The summed E-state index contributed by atoms with van der Waals surface area (Å²) < 4.78 is 11.1. The van der Waals surface area contributed by atoms with Gasteiger partial charge in [-0.2, -0.15) is 0 Å². The summed E-state index contributed by atoms with van der Waals surface area (Å²) in [7, 11) is 3.40. The van der Waals surface area contributed by atoms with E-state index in [0.717, 1.165) is 25.7 Å². The lowest BCUT2D eigenvalue weighted by Gasteiger charge is -2.45. The Hall–Kier alpha value is -0.700. The van der Waals surface area contributed by atoms with Crippen LogP contribution in [0.1, 0.15) is 32.6 Å². The molecule has 0 bridgehead atoms.